The van der Waals surface area contributed by atoms with Crippen molar-refractivity contribution in [2.75, 3.05) is 11.6 Å². The summed E-state index contributed by atoms with van der Waals surface area (Å²) in [5, 5.41) is 0. The zero-order chi connectivity index (χ0) is 6.04. The standard InChI is InChI=1S/C3H5NO2S2/c5-8(6)2-1-4-3-7-8/h1H,2-3H2. The van der Waals surface area contributed by atoms with Crippen LogP contribution in [0.2, 0.25) is 0 Å². The van der Waals surface area contributed by atoms with Gasteiger partial charge in [-0.1, -0.05) is 0 Å². The highest BCUT2D eigenvalue weighted by Crippen LogP contribution is 2.14. The molecular weight excluding hydrogens is 146 g/mol. The van der Waals surface area contributed by atoms with E-state index >= 15 is 0 Å². The topological polar surface area (TPSA) is 46.5 Å². The second kappa shape index (κ2) is 2.06. The molecule has 0 bridgehead atoms. The highest BCUT2D eigenvalue weighted by atomic mass is 33.1. The highest BCUT2D eigenvalue weighted by Gasteiger charge is 2.11. The van der Waals surface area contributed by atoms with E-state index in [-0.39, 0.29) is 5.75 Å². The first-order chi connectivity index (χ1) is 3.71. The van der Waals surface area contributed by atoms with Crippen LogP contribution < -0.4 is 0 Å². The molecule has 1 heterocycles. The minimum Gasteiger partial charge on any atom is -0.285 e. The van der Waals surface area contributed by atoms with Crippen LogP contribution in [-0.2, 0) is 8.87 Å². The van der Waals surface area contributed by atoms with Gasteiger partial charge in [0, 0.05) is 6.21 Å². The predicted molar refractivity (Wildman–Crippen MR) is 34.7 cm³/mol. The lowest BCUT2D eigenvalue weighted by Crippen LogP contribution is -2.06. The minimum absolute atomic E-state index is 0.0949. The predicted octanol–water partition coefficient (Wildman–Crippen LogP) is 0.0913. The third-order valence-electron chi connectivity index (χ3n) is 0.715. The molecule has 0 aromatic rings. The van der Waals surface area contributed by atoms with Crippen LogP contribution in [0.5, 0.6) is 0 Å². The summed E-state index contributed by atoms with van der Waals surface area (Å²) in [6.45, 7) is 0. The Hall–Kier alpha value is -0.0300. The molecule has 0 radical (unpaired) electrons. The van der Waals surface area contributed by atoms with Gasteiger partial charge in [-0.3, -0.25) is 4.99 Å². The van der Waals surface area contributed by atoms with E-state index < -0.39 is 8.87 Å². The summed E-state index contributed by atoms with van der Waals surface area (Å²) in [6, 6.07) is 0. The molecule has 5 heteroatoms. The Morgan fingerprint density at radius 1 is 1.62 bits per heavy atom. The third-order valence-corrected chi connectivity index (χ3v) is 3.69. The SMILES string of the molecule is O=S1(=O)CC=NCS1. The van der Waals surface area contributed by atoms with Gasteiger partial charge in [0.05, 0.1) is 11.6 Å². The van der Waals surface area contributed by atoms with E-state index in [1.54, 1.807) is 0 Å². The normalized spacial score (nSPS) is 25.5. The van der Waals surface area contributed by atoms with Gasteiger partial charge in [-0.25, -0.2) is 8.42 Å². The smallest absolute Gasteiger partial charge is 0.208 e. The van der Waals surface area contributed by atoms with Crippen LogP contribution in [0.15, 0.2) is 4.99 Å². The Balaban J connectivity index is 2.79. The summed E-state index contributed by atoms with van der Waals surface area (Å²) in [4.78, 5) is 3.73. The summed E-state index contributed by atoms with van der Waals surface area (Å²) in [5.74, 6) is 0.458. The fraction of sp³-hybridized carbons (Fsp3) is 0.667. The zero-order valence-electron chi connectivity index (χ0n) is 4.07. The molecule has 0 N–H and O–H groups in total. The molecule has 0 saturated heterocycles. The average Bonchev–Trinajstić information content (AvgIpc) is 1.65. The summed E-state index contributed by atoms with van der Waals surface area (Å²) < 4.78 is 21.0. The molecule has 1 rings (SSSR count). The van der Waals surface area contributed by atoms with Gasteiger partial charge in [-0.05, 0) is 10.8 Å². The van der Waals surface area contributed by atoms with Crippen molar-refractivity contribution in [3.05, 3.63) is 0 Å². The number of hydrogen-bond donors (Lipinski definition) is 0. The maximum atomic E-state index is 10.5. The first kappa shape index (κ1) is 6.10. The highest BCUT2D eigenvalue weighted by molar-refractivity contribution is 8.72. The van der Waals surface area contributed by atoms with Crippen molar-refractivity contribution < 1.29 is 8.42 Å². The molecule has 0 amide bonds. The fourth-order valence-corrected chi connectivity index (χ4v) is 2.20. The average molecular weight is 151 g/mol. The maximum Gasteiger partial charge on any atom is 0.208 e. The Morgan fingerprint density at radius 2 is 2.38 bits per heavy atom. The molecule has 0 spiro atoms. The molecule has 1 aliphatic heterocycles. The van der Waals surface area contributed by atoms with Crippen molar-refractivity contribution in [1.29, 1.82) is 0 Å². The Labute approximate surface area is 51.5 Å². The van der Waals surface area contributed by atoms with Crippen LogP contribution in [0, 0.1) is 0 Å². The second-order valence-electron chi connectivity index (χ2n) is 1.34. The van der Waals surface area contributed by atoms with E-state index in [9.17, 15) is 8.42 Å². The summed E-state index contributed by atoms with van der Waals surface area (Å²) in [7, 11) is -1.92. The molecule has 0 fully saturated rings. The van der Waals surface area contributed by atoms with Crippen LogP contribution in [0.4, 0.5) is 0 Å². The molecule has 1 aliphatic rings. The molecule has 0 unspecified atom stereocenters. The van der Waals surface area contributed by atoms with E-state index in [4.69, 9.17) is 0 Å². The van der Waals surface area contributed by atoms with Crippen LogP contribution in [0.3, 0.4) is 0 Å². The molecular formula is C3H5NO2S2. The Bertz CT molecular complexity index is 193. The molecule has 8 heavy (non-hydrogen) atoms. The van der Waals surface area contributed by atoms with Gasteiger partial charge in [-0.2, -0.15) is 0 Å². The number of nitrogens with zero attached hydrogens (tertiary/aromatic N) is 1. The molecule has 46 valence electrons. The fourth-order valence-electron chi connectivity index (χ4n) is 0.356. The lowest BCUT2D eigenvalue weighted by molar-refractivity contribution is 0.613. The van der Waals surface area contributed by atoms with Crippen molar-refractivity contribution in [3.63, 3.8) is 0 Å². The van der Waals surface area contributed by atoms with E-state index in [0.717, 1.165) is 10.8 Å². The molecule has 0 atom stereocenters. The lowest BCUT2D eigenvalue weighted by atomic mass is 10.9. The van der Waals surface area contributed by atoms with Crippen molar-refractivity contribution >= 4 is 25.9 Å². The number of aliphatic imine (C=N–C) groups is 1. The Kier molecular flexibility index (Phi) is 1.57. The molecule has 0 aromatic carbocycles. The van der Waals surface area contributed by atoms with Gasteiger partial charge in [0.25, 0.3) is 0 Å². The number of rotatable bonds is 0. The van der Waals surface area contributed by atoms with Crippen LogP contribution in [0.25, 0.3) is 0 Å². The number of hydrogen-bond acceptors (Lipinski definition) is 4. The van der Waals surface area contributed by atoms with Gasteiger partial charge < -0.3 is 0 Å². The van der Waals surface area contributed by atoms with Crippen LogP contribution >= 0.6 is 10.8 Å². The second-order valence-corrected chi connectivity index (χ2v) is 5.51. The minimum atomic E-state index is -2.82. The quantitative estimate of drug-likeness (QED) is 0.461. The Morgan fingerprint density at radius 3 is 2.62 bits per heavy atom. The molecule has 3 nitrogen and oxygen atoms in total. The van der Waals surface area contributed by atoms with Crippen LogP contribution in [0.1, 0.15) is 0 Å². The van der Waals surface area contributed by atoms with E-state index in [1.807, 2.05) is 0 Å². The monoisotopic (exact) mass is 151 g/mol. The van der Waals surface area contributed by atoms with E-state index in [2.05, 4.69) is 4.99 Å². The van der Waals surface area contributed by atoms with Crippen molar-refractivity contribution in [2.45, 2.75) is 0 Å². The summed E-state index contributed by atoms with van der Waals surface area (Å²) >= 11 is 0. The van der Waals surface area contributed by atoms with Gasteiger partial charge in [0.15, 0.2) is 0 Å². The third kappa shape index (κ3) is 1.48. The van der Waals surface area contributed by atoms with Crippen molar-refractivity contribution in [3.8, 4) is 0 Å². The first-order valence-electron chi connectivity index (χ1n) is 2.06. The lowest BCUT2D eigenvalue weighted by Gasteiger charge is -2.00. The van der Waals surface area contributed by atoms with E-state index in [0.29, 0.717) is 5.88 Å². The maximum absolute atomic E-state index is 10.5. The van der Waals surface area contributed by atoms with Crippen molar-refractivity contribution in [1.82, 2.24) is 0 Å². The van der Waals surface area contributed by atoms with Gasteiger partial charge in [0.2, 0.25) is 8.87 Å². The van der Waals surface area contributed by atoms with E-state index in [1.165, 1.54) is 6.21 Å². The summed E-state index contributed by atoms with van der Waals surface area (Å²) in [6.07, 6.45) is 1.44. The van der Waals surface area contributed by atoms with Gasteiger partial charge in [-0.15, -0.1) is 0 Å². The molecule has 0 aliphatic carbocycles. The van der Waals surface area contributed by atoms with Crippen LogP contribution in [-0.4, -0.2) is 26.3 Å². The summed E-state index contributed by atoms with van der Waals surface area (Å²) in [5.41, 5.74) is 0. The largest absolute Gasteiger partial charge is 0.285 e. The van der Waals surface area contributed by atoms with Crippen molar-refractivity contribution in [2.24, 2.45) is 4.99 Å². The van der Waals surface area contributed by atoms with Gasteiger partial charge in [0.1, 0.15) is 0 Å². The first-order valence-corrected chi connectivity index (χ1v) is 5.21. The molecule has 0 aromatic heterocycles. The molecule has 0 saturated carbocycles. The zero-order valence-corrected chi connectivity index (χ0v) is 5.70. The van der Waals surface area contributed by atoms with Gasteiger partial charge >= 0.3 is 0 Å².